The average Bonchev–Trinajstić information content (AvgIpc) is 3.33. The van der Waals surface area contributed by atoms with Crippen LogP contribution in [0.15, 0.2) is 85.7 Å². The van der Waals surface area contributed by atoms with Crippen LogP contribution in [-0.4, -0.2) is 19.1 Å². The molecule has 0 amide bonds. The predicted molar refractivity (Wildman–Crippen MR) is 99.1 cm³/mol. The molecule has 0 saturated heterocycles. The molecule has 0 bridgehead atoms. The Hall–Kier alpha value is -2.85. The molecule has 1 unspecified atom stereocenters. The predicted octanol–water partition coefficient (Wildman–Crippen LogP) is 4.55. The third-order valence-corrected chi connectivity index (χ3v) is 4.57. The summed E-state index contributed by atoms with van der Waals surface area (Å²) < 4.78 is 4.14. The highest BCUT2D eigenvalue weighted by Gasteiger charge is 2.21. The van der Waals surface area contributed by atoms with E-state index in [2.05, 4.69) is 43.4 Å². The van der Waals surface area contributed by atoms with Gasteiger partial charge in [0.15, 0.2) is 0 Å². The van der Waals surface area contributed by atoms with Gasteiger partial charge >= 0.3 is 0 Å². The molecule has 0 aliphatic heterocycles. The third kappa shape index (κ3) is 3.21. The van der Waals surface area contributed by atoms with Gasteiger partial charge < -0.3 is 9.13 Å². The van der Waals surface area contributed by atoms with Crippen LogP contribution in [0, 0.1) is 0 Å². The lowest BCUT2D eigenvalue weighted by Crippen LogP contribution is -2.15. The standard InChI is InChI=1S/C20H17ClN4/c21-18-8-4-5-9-19(18)25-13-11-23-20(25)17(14-24-12-10-22-15-24)16-6-2-1-3-7-16/h1-13,15,17H,14H2. The Kier molecular flexibility index (Phi) is 4.36. The Morgan fingerprint density at radius 1 is 0.920 bits per heavy atom. The SMILES string of the molecule is Clc1ccccc1-n1ccnc1C(Cn1ccnc1)c1ccccc1. The Morgan fingerprint density at radius 3 is 2.48 bits per heavy atom. The van der Waals surface area contributed by atoms with Crippen molar-refractivity contribution in [2.45, 2.75) is 12.5 Å². The summed E-state index contributed by atoms with van der Waals surface area (Å²) in [6.07, 6.45) is 9.38. The van der Waals surface area contributed by atoms with Crippen LogP contribution in [0.1, 0.15) is 17.3 Å². The molecule has 0 aliphatic rings. The van der Waals surface area contributed by atoms with Gasteiger partial charge in [0.25, 0.3) is 0 Å². The van der Waals surface area contributed by atoms with Gasteiger partial charge in [0, 0.05) is 31.3 Å². The van der Waals surface area contributed by atoms with Crippen LogP contribution in [0.4, 0.5) is 0 Å². The Morgan fingerprint density at radius 2 is 1.72 bits per heavy atom. The molecule has 124 valence electrons. The van der Waals surface area contributed by atoms with E-state index in [9.17, 15) is 0 Å². The van der Waals surface area contributed by atoms with Crippen molar-refractivity contribution in [3.8, 4) is 5.69 Å². The molecule has 4 nitrogen and oxygen atoms in total. The first-order valence-corrected chi connectivity index (χ1v) is 8.49. The van der Waals surface area contributed by atoms with E-state index in [1.54, 1.807) is 6.20 Å². The molecule has 25 heavy (non-hydrogen) atoms. The lowest BCUT2D eigenvalue weighted by molar-refractivity contribution is 0.590. The van der Waals surface area contributed by atoms with Crippen LogP contribution >= 0.6 is 11.6 Å². The minimum absolute atomic E-state index is 0.0849. The number of nitrogens with zero attached hydrogens (tertiary/aromatic N) is 4. The lowest BCUT2D eigenvalue weighted by atomic mass is 9.98. The topological polar surface area (TPSA) is 35.6 Å². The van der Waals surface area contributed by atoms with Crippen molar-refractivity contribution >= 4 is 11.6 Å². The number of hydrogen-bond donors (Lipinski definition) is 0. The Bertz CT molecular complexity index is 945. The van der Waals surface area contributed by atoms with Crippen LogP contribution in [0.2, 0.25) is 5.02 Å². The highest BCUT2D eigenvalue weighted by molar-refractivity contribution is 6.32. The van der Waals surface area contributed by atoms with Crippen molar-refractivity contribution in [2.24, 2.45) is 0 Å². The van der Waals surface area contributed by atoms with Gasteiger partial charge in [-0.1, -0.05) is 54.1 Å². The first kappa shape index (κ1) is 15.7. The maximum absolute atomic E-state index is 6.42. The summed E-state index contributed by atoms with van der Waals surface area (Å²) in [5, 5.41) is 0.705. The van der Waals surface area contributed by atoms with E-state index in [1.807, 2.05) is 55.2 Å². The van der Waals surface area contributed by atoms with Gasteiger partial charge in [-0.05, 0) is 17.7 Å². The molecule has 0 aliphatic carbocycles. The summed E-state index contributed by atoms with van der Waals surface area (Å²) in [7, 11) is 0. The van der Waals surface area contributed by atoms with Crippen LogP contribution < -0.4 is 0 Å². The molecule has 4 aromatic rings. The van der Waals surface area contributed by atoms with Gasteiger partial charge in [-0.25, -0.2) is 9.97 Å². The second-order valence-electron chi connectivity index (χ2n) is 5.83. The van der Waals surface area contributed by atoms with Gasteiger partial charge in [-0.2, -0.15) is 0 Å². The number of benzene rings is 2. The molecule has 0 radical (unpaired) electrons. The van der Waals surface area contributed by atoms with Crippen molar-refractivity contribution in [3.05, 3.63) is 102 Å². The average molecular weight is 349 g/mol. The summed E-state index contributed by atoms with van der Waals surface area (Å²) >= 11 is 6.42. The van der Waals surface area contributed by atoms with Crippen LogP contribution in [-0.2, 0) is 6.54 Å². The maximum atomic E-state index is 6.42. The largest absolute Gasteiger partial charge is 0.336 e. The zero-order chi connectivity index (χ0) is 17.1. The molecule has 0 N–H and O–H groups in total. The minimum atomic E-state index is 0.0849. The molecule has 2 heterocycles. The number of aromatic nitrogens is 4. The van der Waals surface area contributed by atoms with Gasteiger partial charge in [0.1, 0.15) is 5.82 Å². The fraction of sp³-hybridized carbons (Fsp3) is 0.100. The van der Waals surface area contributed by atoms with Crippen molar-refractivity contribution in [3.63, 3.8) is 0 Å². The number of rotatable bonds is 5. The molecule has 0 saturated carbocycles. The Labute approximate surface area is 151 Å². The molecular formula is C20H17ClN4. The van der Waals surface area contributed by atoms with E-state index >= 15 is 0 Å². The molecule has 4 rings (SSSR count). The van der Waals surface area contributed by atoms with E-state index in [1.165, 1.54) is 5.56 Å². The molecule has 5 heteroatoms. The van der Waals surface area contributed by atoms with Crippen LogP contribution in [0.3, 0.4) is 0 Å². The first-order valence-electron chi connectivity index (χ1n) is 8.12. The van der Waals surface area contributed by atoms with Gasteiger partial charge in [0.05, 0.1) is 23.0 Å². The highest BCUT2D eigenvalue weighted by Crippen LogP contribution is 2.29. The van der Waals surface area contributed by atoms with Gasteiger partial charge in [-0.3, -0.25) is 0 Å². The molecule has 0 spiro atoms. The van der Waals surface area contributed by atoms with Crippen molar-refractivity contribution in [1.82, 2.24) is 19.1 Å². The van der Waals surface area contributed by atoms with E-state index < -0.39 is 0 Å². The zero-order valence-electron chi connectivity index (χ0n) is 13.5. The van der Waals surface area contributed by atoms with Gasteiger partial charge in [-0.15, -0.1) is 0 Å². The zero-order valence-corrected chi connectivity index (χ0v) is 14.3. The number of halogens is 1. The first-order chi connectivity index (χ1) is 12.3. The van der Waals surface area contributed by atoms with Crippen molar-refractivity contribution in [1.29, 1.82) is 0 Å². The normalized spacial score (nSPS) is 12.2. The lowest BCUT2D eigenvalue weighted by Gasteiger charge is -2.20. The van der Waals surface area contributed by atoms with E-state index in [0.29, 0.717) is 5.02 Å². The van der Waals surface area contributed by atoms with Crippen LogP contribution in [0.5, 0.6) is 0 Å². The van der Waals surface area contributed by atoms with Crippen molar-refractivity contribution < 1.29 is 0 Å². The fourth-order valence-corrected chi connectivity index (χ4v) is 3.28. The van der Waals surface area contributed by atoms with Crippen LogP contribution in [0.25, 0.3) is 5.69 Å². The van der Waals surface area contributed by atoms with E-state index in [-0.39, 0.29) is 5.92 Å². The maximum Gasteiger partial charge on any atom is 0.122 e. The van der Waals surface area contributed by atoms with E-state index in [0.717, 1.165) is 18.1 Å². The second kappa shape index (κ2) is 6.95. The number of para-hydroxylation sites is 1. The summed E-state index contributed by atoms with van der Waals surface area (Å²) in [5.74, 6) is 1.04. The fourth-order valence-electron chi connectivity index (χ4n) is 3.05. The summed E-state index contributed by atoms with van der Waals surface area (Å²) in [5.41, 5.74) is 2.14. The summed E-state index contributed by atoms with van der Waals surface area (Å²) in [6, 6.07) is 18.2. The molecule has 1 atom stereocenters. The quantitative estimate of drug-likeness (QED) is 0.530. The highest BCUT2D eigenvalue weighted by atomic mass is 35.5. The summed E-state index contributed by atoms with van der Waals surface area (Å²) in [4.78, 5) is 8.82. The molecule has 0 fully saturated rings. The second-order valence-corrected chi connectivity index (χ2v) is 6.24. The summed E-state index contributed by atoms with van der Waals surface area (Å²) in [6.45, 7) is 0.755. The molecule has 2 aromatic heterocycles. The smallest absolute Gasteiger partial charge is 0.122 e. The Balaban J connectivity index is 1.81. The molecular weight excluding hydrogens is 332 g/mol. The monoisotopic (exact) mass is 348 g/mol. The van der Waals surface area contributed by atoms with Crippen molar-refractivity contribution in [2.75, 3.05) is 0 Å². The third-order valence-electron chi connectivity index (χ3n) is 4.25. The van der Waals surface area contributed by atoms with E-state index in [4.69, 9.17) is 11.6 Å². The number of hydrogen-bond acceptors (Lipinski definition) is 2. The molecule has 2 aromatic carbocycles. The van der Waals surface area contributed by atoms with Gasteiger partial charge in [0.2, 0.25) is 0 Å². The number of imidazole rings is 2. The minimum Gasteiger partial charge on any atom is -0.336 e.